The van der Waals surface area contributed by atoms with Crippen molar-refractivity contribution in [2.45, 2.75) is 19.5 Å². The number of halogens is 1. The van der Waals surface area contributed by atoms with E-state index in [9.17, 15) is 4.39 Å². The fourth-order valence-electron chi connectivity index (χ4n) is 4.44. The van der Waals surface area contributed by atoms with E-state index in [-0.39, 0.29) is 5.82 Å². The zero-order valence-electron chi connectivity index (χ0n) is 19.7. The van der Waals surface area contributed by atoms with Crippen LogP contribution in [-0.2, 0) is 19.5 Å². The minimum atomic E-state index is -0.292. The van der Waals surface area contributed by atoms with Crippen LogP contribution in [0.15, 0.2) is 48.5 Å². The van der Waals surface area contributed by atoms with Gasteiger partial charge in [0.05, 0.1) is 18.4 Å². The van der Waals surface area contributed by atoms with E-state index in [1.807, 2.05) is 12.1 Å². The second kappa shape index (κ2) is 9.95. The Bertz CT molecular complexity index is 1130. The number of hydrogen-bond acceptors (Lipinski definition) is 7. The highest BCUT2D eigenvalue weighted by Crippen LogP contribution is 2.32. The first-order valence-electron chi connectivity index (χ1n) is 11.7. The molecule has 0 aliphatic carbocycles. The Morgan fingerprint density at radius 3 is 2.50 bits per heavy atom. The van der Waals surface area contributed by atoms with Gasteiger partial charge in [-0.15, -0.1) is 0 Å². The average Bonchev–Trinajstić information content (AvgIpc) is 2.86. The smallest absolute Gasteiger partial charge is 0.228 e. The number of rotatable bonds is 6. The molecule has 1 fully saturated rings. The molecule has 0 atom stereocenters. The van der Waals surface area contributed by atoms with Gasteiger partial charge in [0.15, 0.2) is 0 Å². The lowest BCUT2D eigenvalue weighted by Gasteiger charge is -2.34. The maximum absolute atomic E-state index is 13.4. The van der Waals surface area contributed by atoms with Crippen molar-refractivity contribution in [3.8, 4) is 17.4 Å². The van der Waals surface area contributed by atoms with Gasteiger partial charge in [-0.25, -0.2) is 9.37 Å². The van der Waals surface area contributed by atoms with Crippen LogP contribution in [-0.4, -0.2) is 66.6 Å². The van der Waals surface area contributed by atoms with Crippen LogP contribution in [0.2, 0.25) is 0 Å². The van der Waals surface area contributed by atoms with E-state index in [0.717, 1.165) is 62.7 Å². The summed E-state index contributed by atoms with van der Waals surface area (Å²) in [5.74, 6) is 2.40. The largest absolute Gasteiger partial charge is 0.497 e. The van der Waals surface area contributed by atoms with Gasteiger partial charge in [0.1, 0.15) is 17.3 Å². The molecule has 3 aromatic rings. The fraction of sp³-hybridized carbons (Fsp3) is 0.385. The molecular formula is C26H30FN5O2. The summed E-state index contributed by atoms with van der Waals surface area (Å²) in [5, 5.41) is 0. The Kier molecular flexibility index (Phi) is 6.60. The molecule has 0 N–H and O–H groups in total. The Balaban J connectivity index is 1.43. The van der Waals surface area contributed by atoms with E-state index >= 15 is 0 Å². The van der Waals surface area contributed by atoms with E-state index in [2.05, 4.69) is 33.9 Å². The van der Waals surface area contributed by atoms with Crippen molar-refractivity contribution < 1.29 is 13.9 Å². The minimum absolute atomic E-state index is 0.292. The molecule has 5 rings (SSSR count). The summed E-state index contributed by atoms with van der Waals surface area (Å²) in [4.78, 5) is 16.7. The van der Waals surface area contributed by atoms with Gasteiger partial charge in [-0.05, 0) is 49.0 Å². The highest BCUT2D eigenvalue weighted by Gasteiger charge is 2.26. The lowest BCUT2D eigenvalue weighted by Crippen LogP contribution is -2.45. The van der Waals surface area contributed by atoms with E-state index < -0.39 is 0 Å². The zero-order valence-corrected chi connectivity index (χ0v) is 19.7. The molecule has 0 spiro atoms. The molecule has 0 radical (unpaired) electrons. The van der Waals surface area contributed by atoms with Crippen molar-refractivity contribution in [1.29, 1.82) is 0 Å². The van der Waals surface area contributed by atoms with Crippen LogP contribution >= 0.6 is 0 Å². The van der Waals surface area contributed by atoms with Gasteiger partial charge < -0.3 is 19.3 Å². The van der Waals surface area contributed by atoms with Crippen molar-refractivity contribution >= 4 is 5.95 Å². The summed E-state index contributed by atoms with van der Waals surface area (Å²) in [6, 6.07) is 14.2. The van der Waals surface area contributed by atoms with Crippen molar-refractivity contribution in [1.82, 2.24) is 19.8 Å². The molecule has 2 aliphatic rings. The van der Waals surface area contributed by atoms with Crippen LogP contribution in [0.25, 0.3) is 0 Å². The van der Waals surface area contributed by atoms with Gasteiger partial charge in [0, 0.05) is 52.2 Å². The Morgan fingerprint density at radius 1 is 0.941 bits per heavy atom. The van der Waals surface area contributed by atoms with Crippen LogP contribution in [0.3, 0.4) is 0 Å². The highest BCUT2D eigenvalue weighted by molar-refractivity contribution is 5.44. The molecule has 3 heterocycles. The highest BCUT2D eigenvalue weighted by atomic mass is 19.1. The number of nitrogens with zero attached hydrogens (tertiary/aromatic N) is 5. The number of benzene rings is 2. The van der Waals surface area contributed by atoms with Gasteiger partial charge in [0.25, 0.3) is 0 Å². The monoisotopic (exact) mass is 463 g/mol. The molecule has 0 unspecified atom stereocenters. The summed E-state index contributed by atoms with van der Waals surface area (Å²) in [6.45, 7) is 6.10. The molecule has 2 aliphatic heterocycles. The van der Waals surface area contributed by atoms with Gasteiger partial charge >= 0.3 is 0 Å². The normalized spacial score (nSPS) is 16.9. The minimum Gasteiger partial charge on any atom is -0.497 e. The van der Waals surface area contributed by atoms with Gasteiger partial charge in [-0.1, -0.05) is 12.1 Å². The number of methoxy groups -OCH3 is 1. The third kappa shape index (κ3) is 5.13. The van der Waals surface area contributed by atoms with E-state index in [4.69, 9.17) is 19.4 Å². The second-order valence-electron chi connectivity index (χ2n) is 8.91. The predicted molar refractivity (Wildman–Crippen MR) is 129 cm³/mol. The van der Waals surface area contributed by atoms with Crippen LogP contribution in [0.4, 0.5) is 10.3 Å². The topological polar surface area (TPSA) is 54.0 Å². The SMILES string of the molecule is COc1cccc(CN2CCc3nc(N4CCN(C)CC4)nc(Oc4ccc(F)cc4)c3C2)c1. The third-order valence-electron chi connectivity index (χ3n) is 6.44. The first-order chi connectivity index (χ1) is 16.6. The number of hydrogen-bond donors (Lipinski definition) is 0. The standard InChI is InChI=1S/C26H30FN5O2/c1-30-12-14-32(15-13-30)26-28-24-10-11-31(17-19-4-3-5-22(16-19)33-2)18-23(24)25(29-26)34-21-8-6-20(27)7-9-21/h3-9,16H,10-15,17-18H2,1-2H3. The van der Waals surface area contributed by atoms with Gasteiger partial charge in [-0.2, -0.15) is 4.98 Å². The quantitative estimate of drug-likeness (QED) is 0.552. The molecule has 1 saturated heterocycles. The lowest BCUT2D eigenvalue weighted by atomic mass is 10.1. The molecule has 0 bridgehead atoms. The first-order valence-corrected chi connectivity index (χ1v) is 11.7. The maximum atomic E-state index is 13.4. The number of aromatic nitrogens is 2. The predicted octanol–water partition coefficient (Wildman–Crippen LogP) is 3.73. The van der Waals surface area contributed by atoms with Crippen LogP contribution < -0.4 is 14.4 Å². The van der Waals surface area contributed by atoms with Crippen LogP contribution in [0.5, 0.6) is 17.4 Å². The van der Waals surface area contributed by atoms with Gasteiger partial charge in [-0.3, -0.25) is 4.90 Å². The summed E-state index contributed by atoms with van der Waals surface area (Å²) in [6.07, 6.45) is 0.822. The van der Waals surface area contributed by atoms with Crippen molar-refractivity contribution in [3.63, 3.8) is 0 Å². The molecule has 34 heavy (non-hydrogen) atoms. The summed E-state index contributed by atoms with van der Waals surface area (Å²) >= 11 is 0. The molecule has 0 amide bonds. The van der Waals surface area contributed by atoms with Crippen molar-refractivity contribution in [2.75, 3.05) is 51.8 Å². The van der Waals surface area contributed by atoms with E-state index in [0.29, 0.717) is 24.1 Å². The van der Waals surface area contributed by atoms with E-state index in [1.165, 1.54) is 17.7 Å². The first kappa shape index (κ1) is 22.6. The number of ether oxygens (including phenoxy) is 2. The van der Waals surface area contributed by atoms with Crippen LogP contribution in [0.1, 0.15) is 16.8 Å². The molecule has 8 heteroatoms. The number of anilines is 1. The molecule has 1 aromatic heterocycles. The van der Waals surface area contributed by atoms with Crippen LogP contribution in [0, 0.1) is 5.82 Å². The Morgan fingerprint density at radius 2 is 1.74 bits per heavy atom. The van der Waals surface area contributed by atoms with Gasteiger partial charge in [0.2, 0.25) is 11.8 Å². The summed E-state index contributed by atoms with van der Waals surface area (Å²) in [7, 11) is 3.82. The molecule has 7 nitrogen and oxygen atoms in total. The summed E-state index contributed by atoms with van der Waals surface area (Å²) < 4.78 is 25.0. The molecule has 2 aromatic carbocycles. The maximum Gasteiger partial charge on any atom is 0.228 e. The fourth-order valence-corrected chi connectivity index (χ4v) is 4.44. The van der Waals surface area contributed by atoms with E-state index in [1.54, 1.807) is 19.2 Å². The Labute approximate surface area is 199 Å². The van der Waals surface area contributed by atoms with Crippen molar-refractivity contribution in [2.24, 2.45) is 0 Å². The summed E-state index contributed by atoms with van der Waals surface area (Å²) in [5.41, 5.74) is 3.22. The number of fused-ring (bicyclic) bond motifs is 1. The molecule has 178 valence electrons. The number of likely N-dealkylation sites (N-methyl/N-ethyl adjacent to an activating group) is 1. The second-order valence-corrected chi connectivity index (χ2v) is 8.91. The van der Waals surface area contributed by atoms with Crippen molar-refractivity contribution in [3.05, 3.63) is 71.2 Å². The molecular weight excluding hydrogens is 433 g/mol. The number of piperazine rings is 1. The lowest BCUT2D eigenvalue weighted by molar-refractivity contribution is 0.237. The average molecular weight is 464 g/mol. The zero-order chi connectivity index (χ0) is 23.5. The Hall–Kier alpha value is -3.23. The molecule has 0 saturated carbocycles. The third-order valence-corrected chi connectivity index (χ3v) is 6.44.